The van der Waals surface area contributed by atoms with Crippen molar-refractivity contribution in [3.63, 3.8) is 0 Å². The number of hydrogen-bond donors (Lipinski definition) is 1. The first kappa shape index (κ1) is 17.6. The maximum absolute atomic E-state index is 4.90. The van der Waals surface area contributed by atoms with Crippen LogP contribution in [0.25, 0.3) is 11.2 Å². The fourth-order valence-electron chi connectivity index (χ4n) is 5.00. The maximum atomic E-state index is 4.90. The second kappa shape index (κ2) is 6.62. The zero-order valence-corrected chi connectivity index (χ0v) is 17.1. The Morgan fingerprint density at radius 3 is 2.80 bits per heavy atom. The summed E-state index contributed by atoms with van der Waals surface area (Å²) in [6, 6.07) is 11.1. The molecule has 1 saturated carbocycles. The van der Waals surface area contributed by atoms with Crippen LogP contribution in [-0.2, 0) is 11.8 Å². The molecule has 2 aliphatic rings. The highest BCUT2D eigenvalue weighted by molar-refractivity contribution is 5.72. The van der Waals surface area contributed by atoms with Gasteiger partial charge in [0.2, 0.25) is 0 Å². The van der Waals surface area contributed by atoms with E-state index in [9.17, 15) is 0 Å². The van der Waals surface area contributed by atoms with E-state index in [2.05, 4.69) is 56.0 Å². The smallest absolute Gasteiger partial charge is 0.177 e. The third kappa shape index (κ3) is 2.63. The Bertz CT molecular complexity index is 1230. The van der Waals surface area contributed by atoms with Gasteiger partial charge in [-0.3, -0.25) is 0 Å². The lowest BCUT2D eigenvalue weighted by atomic mass is 9.63. The van der Waals surface area contributed by atoms with Gasteiger partial charge in [-0.25, -0.2) is 19.9 Å². The van der Waals surface area contributed by atoms with Crippen LogP contribution in [0.3, 0.4) is 0 Å². The number of anilines is 2. The molecule has 1 aliphatic carbocycles. The molecule has 1 aromatic carbocycles. The van der Waals surface area contributed by atoms with Gasteiger partial charge >= 0.3 is 0 Å². The number of nitrogens with one attached hydrogen (secondary N) is 1. The average molecular weight is 396 g/mol. The summed E-state index contributed by atoms with van der Waals surface area (Å²) >= 11 is 0. The number of aryl methyl sites for hydroxylation is 2. The highest BCUT2D eigenvalue weighted by Gasteiger charge is 2.43. The highest BCUT2D eigenvalue weighted by atomic mass is 15.2. The zero-order valence-electron chi connectivity index (χ0n) is 17.1. The summed E-state index contributed by atoms with van der Waals surface area (Å²) < 4.78 is 0. The number of aromatic nitrogens is 5. The van der Waals surface area contributed by atoms with E-state index in [1.807, 2.05) is 18.5 Å². The molecular formula is C24H24N6. The Morgan fingerprint density at radius 2 is 2.00 bits per heavy atom. The van der Waals surface area contributed by atoms with Crippen molar-refractivity contribution in [3.05, 3.63) is 71.6 Å². The number of imidazole rings is 1. The molecule has 3 aromatic heterocycles. The minimum absolute atomic E-state index is 0.0270. The second-order valence-electron chi connectivity index (χ2n) is 8.57. The summed E-state index contributed by atoms with van der Waals surface area (Å²) in [7, 11) is 0. The molecule has 0 amide bonds. The first-order valence-electron chi connectivity index (χ1n) is 10.7. The number of pyridine rings is 1. The average Bonchev–Trinajstić information content (AvgIpc) is 3.16. The molecule has 0 atom stereocenters. The Labute approximate surface area is 175 Å². The summed E-state index contributed by atoms with van der Waals surface area (Å²) in [5.74, 6) is 2.03. The van der Waals surface area contributed by atoms with Gasteiger partial charge in [-0.2, -0.15) is 0 Å². The summed E-state index contributed by atoms with van der Waals surface area (Å²) in [6.07, 6.45) is 11.0. The van der Waals surface area contributed by atoms with E-state index in [1.165, 1.54) is 23.2 Å². The molecule has 0 spiro atoms. The number of rotatable bonds is 3. The van der Waals surface area contributed by atoms with E-state index in [-0.39, 0.29) is 5.41 Å². The third-order valence-electron chi connectivity index (χ3n) is 6.73. The second-order valence-corrected chi connectivity index (χ2v) is 8.57. The number of hydrogen-bond acceptors (Lipinski definition) is 5. The Balaban J connectivity index is 1.42. The van der Waals surface area contributed by atoms with Gasteiger partial charge in [0, 0.05) is 24.6 Å². The van der Waals surface area contributed by atoms with E-state index in [1.54, 1.807) is 6.33 Å². The molecule has 1 fully saturated rings. The number of nitrogens with zero attached hydrogens (tertiary/aromatic N) is 5. The first-order valence-corrected chi connectivity index (χ1v) is 10.7. The van der Waals surface area contributed by atoms with Gasteiger partial charge in [0.25, 0.3) is 0 Å². The number of benzene rings is 1. The Hall–Kier alpha value is -3.28. The van der Waals surface area contributed by atoms with Crippen LogP contribution in [0.2, 0.25) is 0 Å². The van der Waals surface area contributed by atoms with Crippen molar-refractivity contribution in [1.29, 1.82) is 0 Å². The monoisotopic (exact) mass is 396 g/mol. The number of aromatic amines is 1. The summed E-state index contributed by atoms with van der Waals surface area (Å²) in [5.41, 5.74) is 7.00. The maximum Gasteiger partial charge on any atom is 0.177 e. The molecule has 30 heavy (non-hydrogen) atoms. The predicted octanol–water partition coefficient (Wildman–Crippen LogP) is 4.61. The van der Waals surface area contributed by atoms with Crippen molar-refractivity contribution >= 4 is 22.7 Å². The van der Waals surface area contributed by atoms with Crippen LogP contribution in [0, 0.1) is 6.92 Å². The lowest BCUT2D eigenvalue weighted by Crippen LogP contribution is -2.37. The molecule has 0 unspecified atom stereocenters. The van der Waals surface area contributed by atoms with E-state index in [4.69, 9.17) is 4.98 Å². The van der Waals surface area contributed by atoms with Crippen LogP contribution in [-0.4, -0.2) is 31.5 Å². The van der Waals surface area contributed by atoms with Gasteiger partial charge in [-0.1, -0.05) is 18.6 Å². The lowest BCUT2D eigenvalue weighted by Gasteiger charge is -2.41. The van der Waals surface area contributed by atoms with Crippen LogP contribution in [0.5, 0.6) is 0 Å². The van der Waals surface area contributed by atoms with Crippen molar-refractivity contribution in [2.75, 3.05) is 11.4 Å². The molecule has 1 N–H and O–H groups in total. The highest BCUT2D eigenvalue weighted by Crippen LogP contribution is 2.49. The molecule has 150 valence electrons. The van der Waals surface area contributed by atoms with Crippen molar-refractivity contribution in [2.24, 2.45) is 0 Å². The molecule has 6 nitrogen and oxygen atoms in total. The molecule has 4 aromatic rings. The van der Waals surface area contributed by atoms with Crippen molar-refractivity contribution in [2.45, 2.75) is 44.4 Å². The number of fused-ring (bicyclic) bond motifs is 2. The largest absolute Gasteiger partial charge is 0.340 e. The van der Waals surface area contributed by atoms with E-state index < -0.39 is 0 Å². The molecule has 6 heteroatoms. The molecule has 4 heterocycles. The van der Waals surface area contributed by atoms with E-state index in [0.717, 1.165) is 60.6 Å². The standard InChI is InChI=1S/C24H24N6/c1-16-12-19-22(26-14-16)29-23(28-19)24(8-3-9-24)18-5-6-20-17(13-18)4-2-11-30(20)21-7-10-25-15-27-21/h5-7,10,12-15H,2-4,8-9,11H2,1H3,(H,26,28,29). The summed E-state index contributed by atoms with van der Waals surface area (Å²) in [4.78, 5) is 23.9. The van der Waals surface area contributed by atoms with Gasteiger partial charge in [0.15, 0.2) is 5.65 Å². The van der Waals surface area contributed by atoms with Gasteiger partial charge in [-0.15, -0.1) is 0 Å². The van der Waals surface area contributed by atoms with Gasteiger partial charge in [0.1, 0.15) is 18.0 Å². The van der Waals surface area contributed by atoms with Crippen molar-refractivity contribution in [3.8, 4) is 0 Å². The summed E-state index contributed by atoms with van der Waals surface area (Å²) in [5, 5.41) is 0. The van der Waals surface area contributed by atoms with Crippen LogP contribution < -0.4 is 4.90 Å². The first-order chi connectivity index (χ1) is 14.7. The topological polar surface area (TPSA) is 70.6 Å². The van der Waals surface area contributed by atoms with Crippen LogP contribution in [0.1, 0.15) is 48.2 Å². The molecule has 0 saturated heterocycles. The molecular weight excluding hydrogens is 372 g/mol. The minimum atomic E-state index is -0.0270. The van der Waals surface area contributed by atoms with E-state index in [0.29, 0.717) is 0 Å². The number of H-pyrrole nitrogens is 1. The molecule has 1 aliphatic heterocycles. The Morgan fingerprint density at radius 1 is 1.07 bits per heavy atom. The normalized spacial score (nSPS) is 17.6. The van der Waals surface area contributed by atoms with Crippen LogP contribution in [0.15, 0.2) is 49.1 Å². The minimum Gasteiger partial charge on any atom is -0.340 e. The third-order valence-corrected chi connectivity index (χ3v) is 6.73. The molecule has 0 bridgehead atoms. The Kier molecular flexibility index (Phi) is 3.88. The fourth-order valence-corrected chi connectivity index (χ4v) is 5.00. The summed E-state index contributed by atoms with van der Waals surface area (Å²) in [6.45, 7) is 3.06. The van der Waals surface area contributed by atoms with Crippen molar-refractivity contribution < 1.29 is 0 Å². The quantitative estimate of drug-likeness (QED) is 0.548. The van der Waals surface area contributed by atoms with Gasteiger partial charge in [-0.05, 0) is 67.5 Å². The SMILES string of the molecule is Cc1cnc2nc(C3(c4ccc5c(c4)CCCN5c4ccncn4)CCC3)[nH]c2c1. The van der Waals surface area contributed by atoms with Crippen LogP contribution in [0.4, 0.5) is 11.5 Å². The van der Waals surface area contributed by atoms with Crippen LogP contribution >= 0.6 is 0 Å². The van der Waals surface area contributed by atoms with Gasteiger partial charge in [0.05, 0.1) is 10.9 Å². The van der Waals surface area contributed by atoms with Gasteiger partial charge < -0.3 is 9.88 Å². The zero-order chi connectivity index (χ0) is 20.1. The molecule has 0 radical (unpaired) electrons. The van der Waals surface area contributed by atoms with Crippen molar-refractivity contribution in [1.82, 2.24) is 24.9 Å². The fraction of sp³-hybridized carbons (Fsp3) is 0.333. The van der Waals surface area contributed by atoms with E-state index >= 15 is 0 Å². The molecule has 6 rings (SSSR count). The lowest BCUT2D eigenvalue weighted by molar-refractivity contribution is 0.287. The predicted molar refractivity (Wildman–Crippen MR) is 117 cm³/mol.